The van der Waals surface area contributed by atoms with E-state index in [1.54, 1.807) is 30.3 Å². The Hall–Kier alpha value is -1.65. The second-order valence-electron chi connectivity index (χ2n) is 3.41. The van der Waals surface area contributed by atoms with Crippen molar-refractivity contribution in [2.24, 2.45) is 5.14 Å². The Morgan fingerprint density at radius 3 is 2.00 bits per heavy atom. The zero-order valence-electron chi connectivity index (χ0n) is 15.5. The highest BCUT2D eigenvalue weighted by Crippen LogP contribution is 2.10. The molecule has 0 aliphatic rings. The predicted molar refractivity (Wildman–Crippen MR) is 73.7 cm³/mol. The lowest BCUT2D eigenvalue weighted by atomic mass is 10.2. The van der Waals surface area contributed by atoms with Crippen LogP contribution in [0.4, 0.5) is 0 Å². The molecule has 0 aliphatic heterocycles. The Morgan fingerprint density at radius 1 is 0.944 bits per heavy atom. The van der Waals surface area contributed by atoms with Crippen molar-refractivity contribution < 1.29 is 16.6 Å². The number of hydrogen-bond acceptors (Lipinski definition) is 2. The van der Waals surface area contributed by atoms with Crippen LogP contribution in [0, 0.1) is 13.7 Å². The van der Waals surface area contributed by atoms with Crippen LogP contribution in [0.3, 0.4) is 0 Å². The van der Waals surface area contributed by atoms with Crippen molar-refractivity contribution in [2.45, 2.75) is 18.6 Å². The monoisotopic (exact) mass is 269 g/mol. The lowest BCUT2D eigenvalue weighted by Crippen LogP contribution is -2.13. The van der Waals surface area contributed by atoms with Crippen molar-refractivity contribution >= 4 is 10.0 Å². The first kappa shape index (κ1) is 7.71. The first-order valence-corrected chi connectivity index (χ1v) is 6.56. The van der Waals surface area contributed by atoms with Gasteiger partial charge in [0.1, 0.15) is 0 Å². The number of aryl methyl sites for hydroxylation is 2. The predicted octanol–water partition coefficient (Wildman–Crippen LogP) is 2.64. The second kappa shape index (κ2) is 6.33. The number of primary sulfonamides is 1. The third-order valence-electron chi connectivity index (χ3n) is 1.97. The van der Waals surface area contributed by atoms with E-state index in [2.05, 4.69) is 0 Å². The summed E-state index contributed by atoms with van der Waals surface area (Å²) in [6.07, 6.45) is 0. The quantitative estimate of drug-likeness (QED) is 0.865. The number of sulfonamides is 1. The summed E-state index contributed by atoms with van der Waals surface area (Å²) < 4.78 is 64.4. The van der Waals surface area contributed by atoms with Crippen LogP contribution < -0.4 is 5.14 Å². The van der Waals surface area contributed by atoms with Crippen LogP contribution in [0.2, 0.25) is 0 Å². The Labute approximate surface area is 117 Å². The van der Waals surface area contributed by atoms with E-state index in [4.69, 9.17) is 13.4 Å². The van der Waals surface area contributed by atoms with Gasteiger partial charge in [0.05, 0.1) is 4.90 Å². The van der Waals surface area contributed by atoms with E-state index in [0.717, 1.165) is 0 Å². The molecule has 0 fully saturated rings. The fourth-order valence-electron chi connectivity index (χ4n) is 1.15. The van der Waals surface area contributed by atoms with Crippen LogP contribution in [-0.4, -0.2) is 8.42 Å². The first-order chi connectivity index (χ1) is 10.8. The van der Waals surface area contributed by atoms with Gasteiger partial charge >= 0.3 is 0 Å². The van der Waals surface area contributed by atoms with Crippen molar-refractivity contribution in [3.8, 4) is 0 Å². The summed E-state index contributed by atoms with van der Waals surface area (Å²) in [7, 11) is -3.98. The van der Waals surface area contributed by atoms with Crippen LogP contribution in [-0.2, 0) is 10.0 Å². The molecule has 0 bridgehead atoms. The largest absolute Gasteiger partial charge is 0.238 e. The third kappa shape index (κ3) is 4.69. The molecular formula is C14H17NO2S. The Morgan fingerprint density at radius 2 is 1.56 bits per heavy atom. The molecule has 2 rings (SSSR count). The molecule has 0 radical (unpaired) electrons. The third-order valence-corrected chi connectivity index (χ3v) is 2.94. The topological polar surface area (TPSA) is 60.2 Å². The van der Waals surface area contributed by atoms with Crippen molar-refractivity contribution in [1.29, 1.82) is 0 Å². The molecule has 2 N–H and O–H groups in total. The smallest absolute Gasteiger partial charge is 0.225 e. The zero-order valence-corrected chi connectivity index (χ0v) is 10.3. The maximum absolute atomic E-state index is 11.0. The molecule has 2 aromatic rings. The molecule has 4 heteroatoms. The highest BCUT2D eigenvalue weighted by Gasteiger charge is 2.08. The minimum Gasteiger partial charge on any atom is -0.225 e. The summed E-state index contributed by atoms with van der Waals surface area (Å²) in [5.41, 5.74) is 0.150. The summed E-state index contributed by atoms with van der Waals surface area (Å²) in [4.78, 5) is -0.347. The molecule has 0 unspecified atom stereocenters. The van der Waals surface area contributed by atoms with Gasteiger partial charge in [-0.3, -0.25) is 0 Å². The average molecular weight is 269 g/mol. The maximum Gasteiger partial charge on any atom is 0.238 e. The molecule has 3 nitrogen and oxygen atoms in total. The van der Waals surface area contributed by atoms with Crippen LogP contribution in [0.5, 0.6) is 0 Å². The van der Waals surface area contributed by atoms with Crippen molar-refractivity contribution in [2.75, 3.05) is 0 Å². The van der Waals surface area contributed by atoms with E-state index in [1.807, 2.05) is 0 Å². The molecule has 0 spiro atoms. The minimum absolute atomic E-state index is 0.248. The highest BCUT2D eigenvalue weighted by atomic mass is 32.2. The first-order valence-electron chi connectivity index (χ1n) is 8.01. The number of hydrogen-bond donors (Lipinski definition) is 1. The van der Waals surface area contributed by atoms with E-state index in [0.29, 0.717) is 5.56 Å². The molecule has 2 aromatic carbocycles. The van der Waals surface area contributed by atoms with Gasteiger partial charge < -0.3 is 0 Å². The van der Waals surface area contributed by atoms with Gasteiger partial charge in [-0.1, -0.05) is 54.1 Å². The average Bonchev–Trinajstić information content (AvgIpc) is 2.46. The van der Waals surface area contributed by atoms with Gasteiger partial charge in [-0.15, -0.1) is 0 Å². The normalized spacial score (nSPS) is 16.7. The lowest BCUT2D eigenvalue weighted by molar-refractivity contribution is 0.597. The molecule has 0 aromatic heterocycles. The van der Waals surface area contributed by atoms with Crippen molar-refractivity contribution in [3.63, 3.8) is 0 Å². The Balaban J connectivity index is 0.000000254. The Bertz CT molecular complexity index is 770. The number of rotatable bonds is 1. The number of nitrogens with two attached hydrogens (primary N) is 1. The zero-order chi connectivity index (χ0) is 18.6. The summed E-state index contributed by atoms with van der Waals surface area (Å²) in [6.45, 7) is -4.43. The van der Waals surface area contributed by atoms with E-state index >= 15 is 0 Å². The van der Waals surface area contributed by atoms with E-state index < -0.39 is 23.7 Å². The van der Waals surface area contributed by atoms with Gasteiger partial charge in [-0.25, -0.2) is 13.6 Å². The van der Waals surface area contributed by atoms with Gasteiger partial charge in [-0.2, -0.15) is 0 Å². The summed E-state index contributed by atoms with van der Waals surface area (Å²) in [6, 6.07) is 13.7. The van der Waals surface area contributed by atoms with Gasteiger partial charge in [-0.05, 0) is 25.3 Å². The molecule has 0 amide bonds. The lowest BCUT2D eigenvalue weighted by Gasteiger charge is -2.00. The molecule has 18 heavy (non-hydrogen) atoms. The molecule has 0 atom stereocenters. The Kier molecular flexibility index (Phi) is 2.71. The van der Waals surface area contributed by atoms with Crippen molar-refractivity contribution in [1.82, 2.24) is 0 Å². The van der Waals surface area contributed by atoms with Gasteiger partial charge in [0, 0.05) is 8.22 Å². The molecule has 96 valence electrons. The molecule has 0 saturated heterocycles. The standard InChI is InChI=1S/C7H9NO2S.C7H8/c1-6-4-2-3-5-7(6)11(8,9)10;1-7-5-3-2-4-6-7/h2-5H,1H3,(H2,8,9,10);2-6H,1H3/i2*1D3. The molecule has 0 aliphatic carbocycles. The number of benzene rings is 2. The maximum atomic E-state index is 11.0. The molecular weight excluding hydrogens is 246 g/mol. The van der Waals surface area contributed by atoms with Gasteiger partial charge in [0.15, 0.2) is 0 Å². The molecule has 0 saturated carbocycles. The van der Waals surface area contributed by atoms with Gasteiger partial charge in [0.25, 0.3) is 0 Å². The summed E-state index contributed by atoms with van der Waals surface area (Å²) in [5.74, 6) is 0. The second-order valence-corrected chi connectivity index (χ2v) is 4.94. The van der Waals surface area contributed by atoms with E-state index in [1.165, 1.54) is 24.3 Å². The van der Waals surface area contributed by atoms with E-state index in [9.17, 15) is 8.42 Å². The summed E-state index contributed by atoms with van der Waals surface area (Å²) >= 11 is 0. The van der Waals surface area contributed by atoms with Crippen LogP contribution >= 0.6 is 0 Å². The fraction of sp³-hybridized carbons (Fsp3) is 0.143. The fourth-order valence-corrected chi connectivity index (χ4v) is 1.80. The summed E-state index contributed by atoms with van der Waals surface area (Å²) in [5, 5.41) is 4.88. The van der Waals surface area contributed by atoms with E-state index in [-0.39, 0.29) is 10.5 Å². The molecule has 0 heterocycles. The minimum atomic E-state index is -3.98. The van der Waals surface area contributed by atoms with Crippen LogP contribution in [0.1, 0.15) is 19.4 Å². The van der Waals surface area contributed by atoms with Crippen LogP contribution in [0.15, 0.2) is 59.5 Å². The van der Waals surface area contributed by atoms with Gasteiger partial charge in [0.2, 0.25) is 10.0 Å². The highest BCUT2D eigenvalue weighted by molar-refractivity contribution is 7.89. The SMILES string of the molecule is [2H]C([2H])([2H])c1ccccc1.[2H]C([2H])([2H])c1ccccc1S(N)(=O)=O. The van der Waals surface area contributed by atoms with Crippen molar-refractivity contribution in [3.05, 3.63) is 65.7 Å². The van der Waals surface area contributed by atoms with Crippen LogP contribution in [0.25, 0.3) is 0 Å².